The second-order valence-electron chi connectivity index (χ2n) is 7.68. The molecule has 9 heteroatoms. The molecule has 0 saturated heterocycles. The third-order valence-electron chi connectivity index (χ3n) is 5.45. The van der Waals surface area contributed by atoms with Gasteiger partial charge in [0.25, 0.3) is 5.56 Å². The fourth-order valence-electron chi connectivity index (χ4n) is 3.63. The summed E-state index contributed by atoms with van der Waals surface area (Å²) in [7, 11) is 3.23. The smallest absolute Gasteiger partial charge is 0.262 e. The number of nitrogens with zero attached hydrogens (tertiary/aromatic N) is 4. The van der Waals surface area contributed by atoms with Gasteiger partial charge >= 0.3 is 0 Å². The molecule has 5 rings (SSSR count). The largest absolute Gasteiger partial charge is 0.497 e. The minimum atomic E-state index is -0.100. The summed E-state index contributed by atoms with van der Waals surface area (Å²) in [5.74, 6) is 2.75. The lowest BCUT2D eigenvalue weighted by Crippen LogP contribution is -2.24. The monoisotopic (exact) mass is 486 g/mol. The Hall–Kier alpha value is -4.11. The molecule has 0 aliphatic carbocycles. The summed E-state index contributed by atoms with van der Waals surface area (Å²) in [6, 6.07) is 22.4. The molecule has 3 aromatic carbocycles. The van der Waals surface area contributed by atoms with E-state index in [1.807, 2.05) is 66.7 Å². The van der Waals surface area contributed by atoms with Gasteiger partial charge in [-0.1, -0.05) is 53.3 Å². The number of rotatable bonds is 8. The van der Waals surface area contributed by atoms with Gasteiger partial charge in [0.2, 0.25) is 11.7 Å². The predicted octanol–water partition coefficient (Wildman–Crippen LogP) is 4.80. The Morgan fingerprint density at radius 2 is 1.71 bits per heavy atom. The summed E-state index contributed by atoms with van der Waals surface area (Å²) in [5.41, 5.74) is 2.31. The highest BCUT2D eigenvalue weighted by molar-refractivity contribution is 7.98. The van der Waals surface area contributed by atoms with Crippen LogP contribution in [0.1, 0.15) is 11.5 Å². The number of benzene rings is 3. The highest BCUT2D eigenvalue weighted by atomic mass is 32.2. The van der Waals surface area contributed by atoms with E-state index in [1.54, 1.807) is 24.9 Å². The number of para-hydroxylation sites is 1. The number of hydrogen-bond acceptors (Lipinski definition) is 8. The van der Waals surface area contributed by atoms with E-state index in [1.165, 1.54) is 11.8 Å². The Balaban J connectivity index is 1.44. The summed E-state index contributed by atoms with van der Waals surface area (Å²) < 4.78 is 17.7. The summed E-state index contributed by atoms with van der Waals surface area (Å²) in [5, 5.41) is 5.24. The first-order chi connectivity index (χ1) is 17.1. The van der Waals surface area contributed by atoms with Crippen LogP contribution in [-0.4, -0.2) is 33.9 Å². The normalized spacial score (nSPS) is 11.0. The summed E-state index contributed by atoms with van der Waals surface area (Å²) in [6.07, 6.45) is 0. The van der Waals surface area contributed by atoms with Crippen LogP contribution in [0.2, 0.25) is 0 Å². The van der Waals surface area contributed by atoms with Gasteiger partial charge in [-0.15, -0.1) is 0 Å². The van der Waals surface area contributed by atoms with Crippen LogP contribution in [0.25, 0.3) is 22.3 Å². The van der Waals surface area contributed by atoms with Crippen molar-refractivity contribution in [2.45, 2.75) is 17.5 Å². The second kappa shape index (κ2) is 10.0. The molecule has 0 atom stereocenters. The number of hydrogen-bond donors (Lipinski definition) is 0. The van der Waals surface area contributed by atoms with Crippen LogP contribution in [-0.2, 0) is 12.3 Å². The van der Waals surface area contributed by atoms with Crippen molar-refractivity contribution >= 4 is 22.7 Å². The van der Waals surface area contributed by atoms with E-state index in [0.29, 0.717) is 45.8 Å². The minimum absolute atomic E-state index is 0.100. The Morgan fingerprint density at radius 1 is 0.914 bits per heavy atom. The number of fused-ring (bicyclic) bond motifs is 1. The predicted molar refractivity (Wildman–Crippen MR) is 134 cm³/mol. The van der Waals surface area contributed by atoms with Gasteiger partial charge in [-0.2, -0.15) is 4.98 Å². The fourth-order valence-corrected chi connectivity index (χ4v) is 4.47. The van der Waals surface area contributed by atoms with Crippen LogP contribution in [0.15, 0.2) is 87.3 Å². The van der Waals surface area contributed by atoms with Crippen molar-refractivity contribution in [3.63, 3.8) is 0 Å². The van der Waals surface area contributed by atoms with Gasteiger partial charge < -0.3 is 14.0 Å². The van der Waals surface area contributed by atoms with Crippen molar-refractivity contribution in [1.29, 1.82) is 0 Å². The molecule has 0 aliphatic heterocycles. The van der Waals surface area contributed by atoms with Crippen molar-refractivity contribution in [2.75, 3.05) is 14.2 Å². The molecule has 35 heavy (non-hydrogen) atoms. The zero-order chi connectivity index (χ0) is 24.2. The molecule has 0 aliphatic rings. The lowest BCUT2D eigenvalue weighted by atomic mass is 10.2. The van der Waals surface area contributed by atoms with E-state index < -0.39 is 0 Å². The molecule has 0 amide bonds. The Bertz CT molecular complexity index is 1530. The molecule has 2 aromatic heterocycles. The van der Waals surface area contributed by atoms with Crippen LogP contribution in [0.4, 0.5) is 0 Å². The average molecular weight is 487 g/mol. The quantitative estimate of drug-likeness (QED) is 0.228. The molecule has 0 unspecified atom stereocenters. The second-order valence-corrected chi connectivity index (χ2v) is 8.63. The molecule has 0 N–H and O–H groups in total. The van der Waals surface area contributed by atoms with Crippen LogP contribution < -0.4 is 15.0 Å². The Morgan fingerprint density at radius 3 is 2.51 bits per heavy atom. The van der Waals surface area contributed by atoms with Crippen molar-refractivity contribution in [3.8, 4) is 22.9 Å². The van der Waals surface area contributed by atoms with Gasteiger partial charge in [0.15, 0.2) is 5.16 Å². The SMILES string of the molecule is COc1ccc(Cn2c(SCc3nc(-c4cccc(OC)c4)no3)nc3ccccc3c2=O)cc1. The van der Waals surface area contributed by atoms with E-state index in [2.05, 4.69) is 10.1 Å². The average Bonchev–Trinajstić information content (AvgIpc) is 3.39. The van der Waals surface area contributed by atoms with Gasteiger partial charge in [-0.25, -0.2) is 4.98 Å². The molecule has 176 valence electrons. The maximum absolute atomic E-state index is 13.4. The maximum atomic E-state index is 13.4. The molecular weight excluding hydrogens is 464 g/mol. The van der Waals surface area contributed by atoms with Crippen molar-refractivity contribution < 1.29 is 14.0 Å². The van der Waals surface area contributed by atoms with Gasteiger partial charge in [-0.05, 0) is 42.0 Å². The fraction of sp³-hybridized carbons (Fsp3) is 0.154. The molecule has 8 nitrogen and oxygen atoms in total. The standard InChI is InChI=1S/C26H22N4O4S/c1-32-19-12-10-17(11-13-19)15-30-25(31)21-8-3-4-9-22(21)27-26(30)35-16-23-28-24(29-34-23)18-6-5-7-20(14-18)33-2/h3-14H,15-16H2,1-2H3. The Kier molecular flexibility index (Phi) is 6.49. The number of thioether (sulfide) groups is 1. The van der Waals surface area contributed by atoms with E-state index in [9.17, 15) is 4.79 Å². The van der Waals surface area contributed by atoms with Gasteiger partial charge in [-0.3, -0.25) is 9.36 Å². The Labute approximate surface area is 205 Å². The first kappa shape index (κ1) is 22.7. The van der Waals surface area contributed by atoms with Gasteiger partial charge in [0.05, 0.1) is 37.4 Å². The van der Waals surface area contributed by atoms with Crippen LogP contribution in [0, 0.1) is 0 Å². The van der Waals surface area contributed by atoms with Crippen molar-refractivity contribution in [2.24, 2.45) is 0 Å². The zero-order valence-electron chi connectivity index (χ0n) is 19.2. The molecule has 0 fully saturated rings. The van der Waals surface area contributed by atoms with Crippen LogP contribution in [0.5, 0.6) is 11.5 Å². The first-order valence-electron chi connectivity index (χ1n) is 10.9. The number of aromatic nitrogens is 4. The van der Waals surface area contributed by atoms with Crippen LogP contribution in [0.3, 0.4) is 0 Å². The van der Waals surface area contributed by atoms with Gasteiger partial charge in [0.1, 0.15) is 11.5 Å². The van der Waals surface area contributed by atoms with Crippen molar-refractivity contribution in [3.05, 3.63) is 94.6 Å². The van der Waals surface area contributed by atoms with Crippen LogP contribution >= 0.6 is 11.8 Å². The van der Waals surface area contributed by atoms with Crippen molar-refractivity contribution in [1.82, 2.24) is 19.7 Å². The molecular formula is C26H22N4O4S. The summed E-state index contributed by atoms with van der Waals surface area (Å²) in [6.45, 7) is 0.377. The van der Waals surface area contributed by atoms with Gasteiger partial charge in [0, 0.05) is 5.56 Å². The third kappa shape index (κ3) is 4.90. The molecule has 0 bridgehead atoms. The summed E-state index contributed by atoms with van der Waals surface area (Å²) >= 11 is 1.38. The van der Waals surface area contributed by atoms with E-state index in [-0.39, 0.29) is 5.56 Å². The first-order valence-corrected chi connectivity index (χ1v) is 11.9. The zero-order valence-corrected chi connectivity index (χ0v) is 20.0. The third-order valence-corrected chi connectivity index (χ3v) is 6.41. The van der Waals surface area contributed by atoms with E-state index in [0.717, 1.165) is 16.9 Å². The lowest BCUT2D eigenvalue weighted by Gasteiger charge is -2.13. The molecule has 5 aromatic rings. The topological polar surface area (TPSA) is 92.3 Å². The van der Waals surface area contributed by atoms with E-state index >= 15 is 0 Å². The summed E-state index contributed by atoms with van der Waals surface area (Å²) in [4.78, 5) is 22.6. The molecule has 2 heterocycles. The molecule has 0 saturated carbocycles. The lowest BCUT2D eigenvalue weighted by molar-refractivity contribution is 0.391. The van der Waals surface area contributed by atoms with E-state index in [4.69, 9.17) is 19.0 Å². The highest BCUT2D eigenvalue weighted by Crippen LogP contribution is 2.25. The molecule has 0 radical (unpaired) electrons. The number of methoxy groups -OCH3 is 2. The molecule has 0 spiro atoms. The maximum Gasteiger partial charge on any atom is 0.262 e. The number of ether oxygens (including phenoxy) is 2. The highest BCUT2D eigenvalue weighted by Gasteiger charge is 2.15. The minimum Gasteiger partial charge on any atom is -0.497 e.